The van der Waals surface area contributed by atoms with E-state index in [2.05, 4.69) is 0 Å². The minimum atomic E-state index is -0.521. The summed E-state index contributed by atoms with van der Waals surface area (Å²) in [5.74, 6) is 1.30. The van der Waals surface area contributed by atoms with Crippen LogP contribution >= 0.6 is 0 Å². The molecule has 0 bridgehead atoms. The number of hydrogen-bond donors (Lipinski definition) is 1. The summed E-state index contributed by atoms with van der Waals surface area (Å²) in [4.78, 5) is 0. The van der Waals surface area contributed by atoms with Crippen molar-refractivity contribution in [1.29, 1.82) is 0 Å². The number of ether oxygens (including phenoxy) is 4. The van der Waals surface area contributed by atoms with Crippen molar-refractivity contribution in [3.05, 3.63) is 23.8 Å². The molecule has 0 aromatic heterocycles. The fraction of sp³-hybridized carbons (Fsp3) is 0.600. The van der Waals surface area contributed by atoms with Crippen LogP contribution in [0.5, 0.6) is 11.5 Å². The number of methoxy groups -OCH3 is 2. The molecule has 1 aromatic rings. The maximum absolute atomic E-state index is 9.53. The SMILES string of the molecule is COCCOCCCOc1ccc([C@@H](C)O)cc1OC. The fourth-order valence-electron chi connectivity index (χ4n) is 1.65. The molecule has 20 heavy (non-hydrogen) atoms. The third-order valence-corrected chi connectivity index (χ3v) is 2.79. The molecule has 0 heterocycles. The smallest absolute Gasteiger partial charge is 0.161 e. The van der Waals surface area contributed by atoms with E-state index in [1.165, 1.54) is 0 Å². The zero-order chi connectivity index (χ0) is 14.8. The monoisotopic (exact) mass is 284 g/mol. The van der Waals surface area contributed by atoms with Crippen molar-refractivity contribution < 1.29 is 24.1 Å². The van der Waals surface area contributed by atoms with Gasteiger partial charge in [-0.1, -0.05) is 6.07 Å². The first kappa shape index (κ1) is 16.8. The fourth-order valence-corrected chi connectivity index (χ4v) is 1.65. The van der Waals surface area contributed by atoms with Gasteiger partial charge in [-0.2, -0.15) is 0 Å². The first-order valence-electron chi connectivity index (χ1n) is 6.74. The van der Waals surface area contributed by atoms with Crippen LogP contribution in [-0.4, -0.2) is 45.8 Å². The molecule has 1 aromatic carbocycles. The molecule has 5 nitrogen and oxygen atoms in total. The van der Waals surface area contributed by atoms with Crippen molar-refractivity contribution in [2.45, 2.75) is 19.4 Å². The van der Waals surface area contributed by atoms with Crippen molar-refractivity contribution in [2.75, 3.05) is 40.6 Å². The molecule has 0 amide bonds. The molecule has 0 saturated carbocycles. The van der Waals surface area contributed by atoms with Gasteiger partial charge in [0.2, 0.25) is 0 Å². The van der Waals surface area contributed by atoms with Gasteiger partial charge in [-0.05, 0) is 24.6 Å². The molecule has 1 atom stereocenters. The topological polar surface area (TPSA) is 57.2 Å². The lowest BCUT2D eigenvalue weighted by Crippen LogP contribution is -2.07. The van der Waals surface area contributed by atoms with Gasteiger partial charge < -0.3 is 24.1 Å². The van der Waals surface area contributed by atoms with Gasteiger partial charge in [0.25, 0.3) is 0 Å². The maximum Gasteiger partial charge on any atom is 0.161 e. The van der Waals surface area contributed by atoms with Gasteiger partial charge in [0.1, 0.15) is 0 Å². The molecule has 0 aliphatic carbocycles. The Balaban J connectivity index is 2.36. The Hall–Kier alpha value is -1.30. The second-order valence-electron chi connectivity index (χ2n) is 4.39. The second kappa shape index (κ2) is 9.58. The predicted molar refractivity (Wildman–Crippen MR) is 76.4 cm³/mol. The largest absolute Gasteiger partial charge is 0.493 e. The summed E-state index contributed by atoms with van der Waals surface area (Å²) in [5, 5.41) is 9.53. The Labute approximate surface area is 120 Å². The number of aliphatic hydroxyl groups excluding tert-OH is 1. The van der Waals surface area contributed by atoms with E-state index >= 15 is 0 Å². The first-order chi connectivity index (χ1) is 9.69. The third kappa shape index (κ3) is 5.77. The second-order valence-corrected chi connectivity index (χ2v) is 4.39. The van der Waals surface area contributed by atoms with E-state index in [1.807, 2.05) is 12.1 Å². The van der Waals surface area contributed by atoms with Crippen LogP contribution in [0.2, 0.25) is 0 Å². The summed E-state index contributed by atoms with van der Waals surface area (Å²) < 4.78 is 21.1. The van der Waals surface area contributed by atoms with Gasteiger partial charge in [-0.3, -0.25) is 0 Å². The molecule has 0 saturated heterocycles. The van der Waals surface area contributed by atoms with E-state index in [-0.39, 0.29) is 0 Å². The predicted octanol–water partition coefficient (Wildman–Crippen LogP) is 2.18. The van der Waals surface area contributed by atoms with Crippen LogP contribution in [0.15, 0.2) is 18.2 Å². The van der Waals surface area contributed by atoms with Gasteiger partial charge in [-0.15, -0.1) is 0 Å². The van der Waals surface area contributed by atoms with Crippen LogP contribution < -0.4 is 9.47 Å². The van der Waals surface area contributed by atoms with Gasteiger partial charge in [0, 0.05) is 20.1 Å². The Bertz CT molecular complexity index is 379. The van der Waals surface area contributed by atoms with Gasteiger partial charge in [-0.25, -0.2) is 0 Å². The van der Waals surface area contributed by atoms with E-state index in [0.29, 0.717) is 37.9 Å². The molecular weight excluding hydrogens is 260 g/mol. The minimum Gasteiger partial charge on any atom is -0.493 e. The maximum atomic E-state index is 9.53. The standard InChI is InChI=1S/C15H24O5/c1-12(16)13-5-6-14(15(11-13)18-3)20-8-4-7-19-10-9-17-2/h5-6,11-12,16H,4,7-10H2,1-3H3/t12-/m1/s1. The normalized spacial score (nSPS) is 12.2. The summed E-state index contributed by atoms with van der Waals surface area (Å²) in [7, 11) is 3.23. The van der Waals surface area contributed by atoms with Gasteiger partial charge >= 0.3 is 0 Å². The molecule has 1 rings (SSSR count). The summed E-state index contributed by atoms with van der Waals surface area (Å²) >= 11 is 0. The molecule has 0 unspecified atom stereocenters. The highest BCUT2D eigenvalue weighted by Crippen LogP contribution is 2.30. The molecule has 0 radical (unpaired) electrons. The van der Waals surface area contributed by atoms with Crippen LogP contribution in [-0.2, 0) is 9.47 Å². The van der Waals surface area contributed by atoms with Crippen LogP contribution in [0.4, 0.5) is 0 Å². The average molecular weight is 284 g/mol. The molecule has 0 aliphatic heterocycles. The quantitative estimate of drug-likeness (QED) is 0.667. The summed E-state index contributed by atoms with van der Waals surface area (Å²) in [5.41, 5.74) is 0.803. The van der Waals surface area contributed by atoms with Crippen LogP contribution in [0, 0.1) is 0 Å². The first-order valence-corrected chi connectivity index (χ1v) is 6.74. The van der Waals surface area contributed by atoms with Crippen molar-refractivity contribution >= 4 is 0 Å². The zero-order valence-electron chi connectivity index (χ0n) is 12.4. The lowest BCUT2D eigenvalue weighted by Gasteiger charge is -2.13. The molecule has 114 valence electrons. The van der Waals surface area contributed by atoms with E-state index in [0.717, 1.165) is 12.0 Å². The number of hydrogen-bond acceptors (Lipinski definition) is 5. The number of aliphatic hydroxyl groups is 1. The van der Waals surface area contributed by atoms with E-state index in [9.17, 15) is 5.11 Å². The Morgan fingerprint density at radius 3 is 2.50 bits per heavy atom. The Kier molecular flexibility index (Phi) is 8.02. The third-order valence-electron chi connectivity index (χ3n) is 2.79. The number of rotatable bonds is 10. The lowest BCUT2D eigenvalue weighted by molar-refractivity contribution is 0.0643. The van der Waals surface area contributed by atoms with Crippen LogP contribution in [0.1, 0.15) is 25.0 Å². The van der Waals surface area contributed by atoms with Gasteiger partial charge in [0.05, 0.1) is 33.0 Å². The highest BCUT2D eigenvalue weighted by molar-refractivity contribution is 5.43. The highest BCUT2D eigenvalue weighted by Gasteiger charge is 2.08. The summed E-state index contributed by atoms with van der Waals surface area (Å²) in [6.07, 6.45) is 0.275. The lowest BCUT2D eigenvalue weighted by atomic mass is 10.1. The van der Waals surface area contributed by atoms with Crippen molar-refractivity contribution in [1.82, 2.24) is 0 Å². The van der Waals surface area contributed by atoms with E-state index in [1.54, 1.807) is 27.2 Å². The van der Waals surface area contributed by atoms with Crippen LogP contribution in [0.25, 0.3) is 0 Å². The summed E-state index contributed by atoms with van der Waals surface area (Å²) in [6.45, 7) is 4.11. The Morgan fingerprint density at radius 1 is 1.05 bits per heavy atom. The van der Waals surface area contributed by atoms with Crippen LogP contribution in [0.3, 0.4) is 0 Å². The summed E-state index contributed by atoms with van der Waals surface area (Å²) in [6, 6.07) is 5.43. The van der Waals surface area contributed by atoms with E-state index < -0.39 is 6.10 Å². The molecule has 5 heteroatoms. The van der Waals surface area contributed by atoms with Crippen molar-refractivity contribution in [3.8, 4) is 11.5 Å². The molecule has 0 spiro atoms. The highest BCUT2D eigenvalue weighted by atomic mass is 16.5. The number of benzene rings is 1. The van der Waals surface area contributed by atoms with Crippen molar-refractivity contribution in [3.63, 3.8) is 0 Å². The van der Waals surface area contributed by atoms with Crippen molar-refractivity contribution in [2.24, 2.45) is 0 Å². The Morgan fingerprint density at radius 2 is 1.85 bits per heavy atom. The molecule has 0 fully saturated rings. The average Bonchev–Trinajstić information content (AvgIpc) is 2.46. The molecule has 1 N–H and O–H groups in total. The zero-order valence-corrected chi connectivity index (χ0v) is 12.4. The van der Waals surface area contributed by atoms with E-state index in [4.69, 9.17) is 18.9 Å². The van der Waals surface area contributed by atoms with Gasteiger partial charge in [0.15, 0.2) is 11.5 Å². The molecule has 0 aliphatic rings. The minimum absolute atomic E-state index is 0.521. The molecular formula is C15H24O5.